The number of aryl methyl sites for hydroxylation is 9. The Hall–Kier alpha value is -1.15. The molecule has 334 valence electrons. The second-order valence-corrected chi connectivity index (χ2v) is 27.4. The number of aromatic nitrogens is 1. The molecule has 60 heavy (non-hydrogen) atoms. The predicted molar refractivity (Wildman–Crippen MR) is 270 cm³/mol. The van der Waals surface area contributed by atoms with Gasteiger partial charge in [-0.3, -0.25) is 4.98 Å². The van der Waals surface area contributed by atoms with Crippen LogP contribution in [-0.4, -0.2) is 38.9 Å². The normalized spacial score (nSPS) is 10.7. The third kappa shape index (κ3) is 22.5. The van der Waals surface area contributed by atoms with Crippen molar-refractivity contribution < 1.29 is 48.5 Å². The molecule has 0 spiro atoms. The van der Waals surface area contributed by atoms with Crippen LogP contribution in [0.3, 0.4) is 0 Å². The summed E-state index contributed by atoms with van der Waals surface area (Å²) in [7, 11) is -1.60. The van der Waals surface area contributed by atoms with E-state index in [0.29, 0.717) is 34.0 Å². The first-order valence-corrected chi connectivity index (χ1v) is 25.9. The van der Waals surface area contributed by atoms with E-state index < -0.39 is 16.1 Å². The van der Waals surface area contributed by atoms with Crippen LogP contribution >= 0.6 is 24.2 Å². The molecular weight excluding hydrogens is 916 g/mol. The Morgan fingerprint density at radius 1 is 0.433 bits per heavy atom. The van der Waals surface area contributed by atoms with E-state index in [1.165, 1.54) is 67.1 Å². The van der Waals surface area contributed by atoms with E-state index in [-0.39, 0.29) is 56.5 Å². The zero-order valence-electron chi connectivity index (χ0n) is 41.3. The molecule has 0 saturated heterocycles. The fraction of sp³-hybridized carbons (Fsp3) is 0.540. The van der Waals surface area contributed by atoms with Gasteiger partial charge in [0.1, 0.15) is 0 Å². The Bertz CT molecular complexity index is 1470. The van der Waals surface area contributed by atoms with E-state index in [1.54, 1.807) is 12.4 Å². The Morgan fingerprint density at radius 2 is 0.683 bits per heavy atom. The van der Waals surface area contributed by atoms with Crippen LogP contribution in [-0.2, 0) is 48.5 Å². The van der Waals surface area contributed by atoms with Gasteiger partial charge in [0.15, 0.2) is 0 Å². The summed E-state index contributed by atoms with van der Waals surface area (Å²) in [4.78, 5) is 3.78. The minimum atomic E-state index is -0.663. The van der Waals surface area contributed by atoms with Crippen LogP contribution in [0.5, 0.6) is 0 Å². The van der Waals surface area contributed by atoms with Crippen molar-refractivity contribution in [3.63, 3.8) is 0 Å². The van der Waals surface area contributed by atoms with Crippen molar-refractivity contribution in [3.8, 4) is 0 Å². The van der Waals surface area contributed by atoms with Crippen molar-refractivity contribution in [1.29, 1.82) is 0 Å². The van der Waals surface area contributed by atoms with E-state index >= 15 is 0 Å². The summed E-state index contributed by atoms with van der Waals surface area (Å²) in [6, 6.07) is 19.2. The topological polar surface area (TPSA) is 83.7 Å². The maximum Gasteiger partial charge on any atom is 3.00 e. The van der Waals surface area contributed by atoms with Gasteiger partial charge in [0.05, 0.1) is 22.6 Å². The molecule has 0 unspecified atom stereocenters. The second kappa shape index (κ2) is 31.7. The van der Waals surface area contributed by atoms with Gasteiger partial charge in [0, 0.05) is 12.4 Å². The summed E-state index contributed by atoms with van der Waals surface area (Å²) in [6.45, 7) is 47.1. The summed E-state index contributed by atoms with van der Waals surface area (Å²) in [6.07, 6.45) is 3.50. The third-order valence-corrected chi connectivity index (χ3v) is 17.8. The van der Waals surface area contributed by atoms with Gasteiger partial charge in [0.2, 0.25) is 0 Å². The summed E-state index contributed by atoms with van der Waals surface area (Å²) in [5.74, 6) is 0. The van der Waals surface area contributed by atoms with E-state index in [0.717, 1.165) is 0 Å². The maximum absolute atomic E-state index is 5.10. The zero-order chi connectivity index (χ0) is 43.7. The molecule has 0 amide bonds. The number of pyridine rings is 1. The standard InChI is InChI=1S/2C15H26NP.C15H25NP.C5H5N.Co.O.Zr/c3*1-10(2)17(11(3)4)16-15-13(6)8-12(5)9-14(15)7;1-2-4-6-5-3-1;;;/h2*8-11,17H,1-7H3;8-11H,1-7H3;1-5H;;;/q;;-1;;+3;-2;+2. The first kappa shape index (κ1) is 63.1. The summed E-state index contributed by atoms with van der Waals surface area (Å²) >= 11 is 0. The SMILES string of the molecule is Cc1cc(C)c([N-]P(C(C)C)C(C)C)c(C)c1.Cc1cc(C)c([N-][PH+](C(C)C)C(C)C)c(C)c1.Cc1cc(C)c([N-][PH+](C(C)C)C(C)C)c(C)c1.[Co+3].[O-2].[Zr+2].c1ccncc1. The summed E-state index contributed by atoms with van der Waals surface area (Å²) in [5.41, 5.74) is 19.7. The Labute approximate surface area is 403 Å². The van der Waals surface area contributed by atoms with Gasteiger partial charge < -0.3 is 20.7 Å². The molecule has 1 heterocycles. The summed E-state index contributed by atoms with van der Waals surface area (Å²) in [5, 5.41) is 15.3. The van der Waals surface area contributed by atoms with Crippen molar-refractivity contribution in [2.45, 2.75) is 179 Å². The van der Waals surface area contributed by atoms with Gasteiger partial charge in [-0.05, 0) is 141 Å². The number of nitrogens with zero attached hydrogens (tertiary/aromatic N) is 4. The molecule has 0 aliphatic carbocycles. The minimum absolute atomic E-state index is 0. The van der Waals surface area contributed by atoms with Crippen LogP contribution < -0.4 is 0 Å². The molecule has 4 rings (SSSR count). The Kier molecular flexibility index (Phi) is 33.3. The Balaban J connectivity index is -0.000000739. The second-order valence-electron chi connectivity index (χ2n) is 17.6. The fourth-order valence-electron chi connectivity index (χ4n) is 7.39. The molecule has 3 aromatic carbocycles. The first-order chi connectivity index (χ1) is 26.5. The van der Waals surface area contributed by atoms with Crippen LogP contribution in [0, 0.1) is 62.3 Å². The van der Waals surface area contributed by atoms with Crippen LogP contribution in [0.2, 0.25) is 0 Å². The molecule has 4 aromatic rings. The average molecular weight is 998 g/mol. The van der Waals surface area contributed by atoms with Crippen molar-refractivity contribution in [2.24, 2.45) is 0 Å². The molecule has 0 aliphatic rings. The molecule has 0 aliphatic heterocycles. The van der Waals surface area contributed by atoms with E-state index in [9.17, 15) is 0 Å². The van der Waals surface area contributed by atoms with E-state index in [4.69, 9.17) is 15.3 Å². The van der Waals surface area contributed by atoms with Crippen LogP contribution in [0.25, 0.3) is 15.3 Å². The van der Waals surface area contributed by atoms with Crippen LogP contribution in [0.15, 0.2) is 67.0 Å². The molecular formula is C50H82CoN4OP3Zr+2. The first-order valence-electron chi connectivity index (χ1n) is 21.2. The molecule has 0 saturated carbocycles. The predicted octanol–water partition coefficient (Wildman–Crippen LogP) is 17.9. The van der Waals surface area contributed by atoms with Crippen LogP contribution in [0.4, 0.5) is 17.1 Å². The van der Waals surface area contributed by atoms with E-state index in [2.05, 4.69) is 187 Å². The largest absolute Gasteiger partial charge is 3.00 e. The van der Waals surface area contributed by atoms with Gasteiger partial charge in [0.25, 0.3) is 0 Å². The van der Waals surface area contributed by atoms with Crippen molar-refractivity contribution in [2.75, 3.05) is 0 Å². The number of hydrogen-bond acceptors (Lipinski definition) is 1. The molecule has 0 N–H and O–H groups in total. The molecule has 0 atom stereocenters. The number of rotatable bonds is 12. The van der Waals surface area contributed by atoms with Crippen molar-refractivity contribution in [1.82, 2.24) is 4.98 Å². The van der Waals surface area contributed by atoms with Gasteiger partial charge >= 0.3 is 43.0 Å². The maximum atomic E-state index is 5.10. The molecule has 5 nitrogen and oxygen atoms in total. The zero-order valence-corrected chi connectivity index (χ0v) is 47.7. The van der Waals surface area contributed by atoms with Crippen LogP contribution in [0.1, 0.15) is 133 Å². The average Bonchev–Trinajstić information content (AvgIpc) is 3.07. The van der Waals surface area contributed by atoms with E-state index in [1.807, 2.05) is 18.2 Å². The molecule has 0 radical (unpaired) electrons. The van der Waals surface area contributed by atoms with Crippen molar-refractivity contribution in [3.05, 3.63) is 132 Å². The molecule has 0 fully saturated rings. The fourth-order valence-corrected chi connectivity index (χ4v) is 14.5. The molecule has 1 aromatic heterocycles. The number of hydrogen-bond donors (Lipinski definition) is 0. The monoisotopic (exact) mass is 996 g/mol. The smallest absolute Gasteiger partial charge is 2.00 e. The summed E-state index contributed by atoms with van der Waals surface area (Å²) < 4.78 is 0. The Morgan fingerprint density at radius 3 is 0.867 bits per heavy atom. The van der Waals surface area contributed by atoms with Gasteiger partial charge in [-0.2, -0.15) is 8.07 Å². The van der Waals surface area contributed by atoms with Gasteiger partial charge in [-0.1, -0.05) is 136 Å². The quantitative estimate of drug-likeness (QED) is 0.130. The third-order valence-electron chi connectivity index (χ3n) is 9.59. The molecule has 0 bridgehead atoms. The van der Waals surface area contributed by atoms with Gasteiger partial charge in [-0.25, -0.2) is 0 Å². The van der Waals surface area contributed by atoms with Crippen molar-refractivity contribution >= 4 is 41.3 Å². The van der Waals surface area contributed by atoms with Gasteiger partial charge in [-0.15, -0.1) is 17.1 Å². The minimum Gasteiger partial charge on any atom is -2.00 e. The molecule has 10 heteroatoms. The number of benzene rings is 3.